The molecule has 0 amide bonds. The topological polar surface area (TPSA) is 55.8 Å². The van der Waals surface area contributed by atoms with Gasteiger partial charge in [-0.05, 0) is 36.3 Å². The fourth-order valence-electron chi connectivity index (χ4n) is 2.70. The average molecular weight is 382 g/mol. The molecule has 142 valence electrons. The Morgan fingerprint density at radius 2 is 1.93 bits per heavy atom. The third kappa shape index (κ3) is 3.22. The highest BCUT2D eigenvalue weighted by molar-refractivity contribution is 5.96. The third-order valence-corrected chi connectivity index (χ3v) is 4.09. The molecule has 2 aromatic rings. The number of hydrogen-bond donors (Lipinski definition) is 1. The number of rotatable bonds is 4. The minimum atomic E-state index is -5.30. The van der Waals surface area contributed by atoms with E-state index in [1.165, 1.54) is 30.3 Å². The number of halogens is 4. The Morgan fingerprint density at radius 3 is 2.52 bits per heavy atom. The van der Waals surface area contributed by atoms with Crippen LogP contribution in [0.1, 0.15) is 18.1 Å². The zero-order valence-electron chi connectivity index (χ0n) is 14.0. The molecule has 27 heavy (non-hydrogen) atoms. The van der Waals surface area contributed by atoms with Gasteiger partial charge in [0.15, 0.2) is 11.6 Å². The number of benzene rings is 2. The molecular weight excluding hydrogens is 368 g/mol. The van der Waals surface area contributed by atoms with Crippen LogP contribution in [0.15, 0.2) is 48.0 Å². The molecule has 1 aliphatic rings. The molecule has 2 aromatic carbocycles. The summed E-state index contributed by atoms with van der Waals surface area (Å²) in [5.41, 5.74) is -0.516. The number of aliphatic carboxylic acids is 1. The molecular formula is C19H14F4O4. The van der Waals surface area contributed by atoms with Gasteiger partial charge in [0.1, 0.15) is 11.3 Å². The van der Waals surface area contributed by atoms with Crippen molar-refractivity contribution >= 4 is 12.0 Å². The SMILES string of the molecule is CCc1ccc(OC2(C(F)(F)F)Oc3ccccc3C=C2C(=O)O)c(F)c1. The Balaban J connectivity index is 2.17. The number of carboxylic acids is 1. The number of hydrogen-bond acceptors (Lipinski definition) is 3. The zero-order valence-corrected chi connectivity index (χ0v) is 14.0. The van der Waals surface area contributed by atoms with Crippen LogP contribution in [0.5, 0.6) is 11.5 Å². The Morgan fingerprint density at radius 1 is 1.22 bits per heavy atom. The monoisotopic (exact) mass is 382 g/mol. The first-order chi connectivity index (χ1) is 12.7. The van der Waals surface area contributed by atoms with Gasteiger partial charge in [-0.25, -0.2) is 9.18 Å². The quantitative estimate of drug-likeness (QED) is 0.786. The summed E-state index contributed by atoms with van der Waals surface area (Å²) in [6, 6.07) is 9.02. The Kier molecular flexibility index (Phi) is 4.59. The maximum absolute atomic E-state index is 14.3. The van der Waals surface area contributed by atoms with Crippen LogP contribution >= 0.6 is 0 Å². The summed E-state index contributed by atoms with van der Waals surface area (Å²) >= 11 is 0. The van der Waals surface area contributed by atoms with Gasteiger partial charge in [0, 0.05) is 5.56 Å². The summed E-state index contributed by atoms with van der Waals surface area (Å²) in [6.45, 7) is 1.75. The van der Waals surface area contributed by atoms with Crippen LogP contribution in [-0.4, -0.2) is 23.0 Å². The van der Waals surface area contributed by atoms with E-state index in [4.69, 9.17) is 9.47 Å². The van der Waals surface area contributed by atoms with Crippen molar-refractivity contribution in [3.05, 3.63) is 65.0 Å². The number of fused-ring (bicyclic) bond motifs is 1. The van der Waals surface area contributed by atoms with Gasteiger partial charge in [0.25, 0.3) is 0 Å². The number of ether oxygens (including phenoxy) is 2. The molecule has 8 heteroatoms. The Hall–Kier alpha value is -3.03. The number of para-hydroxylation sites is 1. The smallest absolute Gasteiger partial charge is 0.473 e. The summed E-state index contributed by atoms with van der Waals surface area (Å²) in [5, 5.41) is 9.37. The molecule has 0 saturated carbocycles. The fourth-order valence-corrected chi connectivity index (χ4v) is 2.70. The molecule has 0 fully saturated rings. The number of aryl methyl sites for hydroxylation is 1. The van der Waals surface area contributed by atoms with E-state index in [1.807, 2.05) is 0 Å². The van der Waals surface area contributed by atoms with Crippen LogP contribution in [-0.2, 0) is 11.2 Å². The summed E-state index contributed by atoms with van der Waals surface area (Å²) in [6.07, 6.45) is -4.03. The van der Waals surface area contributed by atoms with Gasteiger partial charge in [-0.2, -0.15) is 13.2 Å². The van der Waals surface area contributed by atoms with Crippen molar-refractivity contribution in [2.24, 2.45) is 0 Å². The Bertz CT molecular complexity index is 920. The zero-order chi connectivity index (χ0) is 19.8. The van der Waals surface area contributed by atoms with Crippen LogP contribution in [0.25, 0.3) is 6.08 Å². The second kappa shape index (κ2) is 6.61. The number of carbonyl (C=O) groups is 1. The highest BCUT2D eigenvalue weighted by Crippen LogP contribution is 2.46. The van der Waals surface area contributed by atoms with E-state index in [9.17, 15) is 27.5 Å². The van der Waals surface area contributed by atoms with Crippen molar-refractivity contribution in [2.45, 2.75) is 25.3 Å². The molecule has 0 spiro atoms. The highest BCUT2D eigenvalue weighted by Gasteiger charge is 2.66. The predicted octanol–water partition coefficient (Wildman–Crippen LogP) is 4.59. The lowest BCUT2D eigenvalue weighted by Gasteiger charge is -2.38. The van der Waals surface area contributed by atoms with E-state index < -0.39 is 35.1 Å². The largest absolute Gasteiger partial charge is 0.478 e. The highest BCUT2D eigenvalue weighted by atomic mass is 19.4. The third-order valence-electron chi connectivity index (χ3n) is 4.09. The van der Waals surface area contributed by atoms with E-state index in [0.717, 1.165) is 18.2 Å². The predicted molar refractivity (Wildman–Crippen MR) is 87.9 cm³/mol. The molecule has 0 aromatic heterocycles. The van der Waals surface area contributed by atoms with E-state index in [0.29, 0.717) is 12.0 Å². The number of carboxylic acid groups (broad SMARTS) is 1. The lowest BCUT2D eigenvalue weighted by Crippen LogP contribution is -2.59. The maximum Gasteiger partial charge on any atom is 0.473 e. The molecule has 0 aliphatic carbocycles. The minimum Gasteiger partial charge on any atom is -0.478 e. The minimum absolute atomic E-state index is 0.139. The van der Waals surface area contributed by atoms with Crippen LogP contribution in [0, 0.1) is 5.82 Å². The first-order valence-electron chi connectivity index (χ1n) is 7.95. The van der Waals surface area contributed by atoms with Crippen molar-refractivity contribution in [3.8, 4) is 11.5 Å². The van der Waals surface area contributed by atoms with Crippen LogP contribution < -0.4 is 9.47 Å². The molecule has 1 unspecified atom stereocenters. The summed E-state index contributed by atoms with van der Waals surface area (Å²) in [5.74, 6) is -7.64. The van der Waals surface area contributed by atoms with Crippen molar-refractivity contribution in [1.82, 2.24) is 0 Å². The van der Waals surface area contributed by atoms with Gasteiger partial charge in [-0.1, -0.05) is 31.2 Å². The van der Waals surface area contributed by atoms with Crippen molar-refractivity contribution < 1.29 is 36.9 Å². The molecule has 3 rings (SSSR count). The summed E-state index contributed by atoms with van der Waals surface area (Å²) < 4.78 is 66.1. The van der Waals surface area contributed by atoms with Crippen molar-refractivity contribution in [1.29, 1.82) is 0 Å². The van der Waals surface area contributed by atoms with Gasteiger partial charge in [0.2, 0.25) is 0 Å². The molecule has 0 saturated heterocycles. The maximum atomic E-state index is 14.3. The first kappa shape index (κ1) is 18.8. The molecule has 0 radical (unpaired) electrons. The molecule has 1 heterocycles. The van der Waals surface area contributed by atoms with Gasteiger partial charge in [-0.15, -0.1) is 0 Å². The van der Waals surface area contributed by atoms with E-state index in [2.05, 4.69) is 0 Å². The van der Waals surface area contributed by atoms with Crippen LogP contribution in [0.3, 0.4) is 0 Å². The number of alkyl halides is 3. The average Bonchev–Trinajstić information content (AvgIpc) is 2.61. The summed E-state index contributed by atoms with van der Waals surface area (Å²) in [4.78, 5) is 11.6. The second-order valence-electron chi connectivity index (χ2n) is 5.84. The van der Waals surface area contributed by atoms with E-state index in [1.54, 1.807) is 6.92 Å². The van der Waals surface area contributed by atoms with Crippen molar-refractivity contribution in [2.75, 3.05) is 0 Å². The second-order valence-corrected chi connectivity index (χ2v) is 5.84. The lowest BCUT2D eigenvalue weighted by molar-refractivity contribution is -0.304. The van der Waals surface area contributed by atoms with Crippen molar-refractivity contribution in [3.63, 3.8) is 0 Å². The van der Waals surface area contributed by atoms with Gasteiger partial charge < -0.3 is 14.6 Å². The summed E-state index contributed by atoms with van der Waals surface area (Å²) in [7, 11) is 0. The normalized spacial score (nSPS) is 18.9. The lowest BCUT2D eigenvalue weighted by atomic mass is 9.97. The fraction of sp³-hybridized carbons (Fsp3) is 0.211. The Labute approximate surface area is 151 Å². The van der Waals surface area contributed by atoms with Gasteiger partial charge in [0.05, 0.1) is 0 Å². The van der Waals surface area contributed by atoms with Crippen LogP contribution in [0.4, 0.5) is 17.6 Å². The first-order valence-corrected chi connectivity index (χ1v) is 7.95. The standard InChI is InChI=1S/C19H14F4O4/c1-2-11-7-8-16(14(20)9-11)27-18(19(21,22)23)13(17(24)25)10-12-5-3-4-6-15(12)26-18/h3-10H,2H2,1H3,(H,24,25). The van der Waals surface area contributed by atoms with Gasteiger partial charge >= 0.3 is 17.9 Å². The molecule has 1 aliphatic heterocycles. The molecule has 1 atom stereocenters. The van der Waals surface area contributed by atoms with Crippen LogP contribution in [0.2, 0.25) is 0 Å². The van der Waals surface area contributed by atoms with E-state index in [-0.39, 0.29) is 11.3 Å². The molecule has 1 N–H and O–H groups in total. The molecule has 0 bridgehead atoms. The molecule has 4 nitrogen and oxygen atoms in total. The van der Waals surface area contributed by atoms with Gasteiger partial charge in [-0.3, -0.25) is 0 Å². The van der Waals surface area contributed by atoms with E-state index >= 15 is 0 Å².